The zero-order valence-electron chi connectivity index (χ0n) is 4.00. The standard InChI is InChI=1S/C4H8FO2/c1-3(6)2-4(5)7/h2-4,6-7H,1H3. The first kappa shape index (κ1) is 6.85. The van der Waals surface area contributed by atoms with Gasteiger partial charge in [0.25, 0.3) is 0 Å². The van der Waals surface area contributed by atoms with Gasteiger partial charge in [-0.15, -0.1) is 0 Å². The molecule has 2 unspecified atom stereocenters. The Morgan fingerprint density at radius 3 is 2.00 bits per heavy atom. The highest BCUT2D eigenvalue weighted by molar-refractivity contribution is 4.72. The van der Waals surface area contributed by atoms with Crippen LogP contribution in [0.1, 0.15) is 6.92 Å². The Morgan fingerprint density at radius 1 is 1.57 bits per heavy atom. The minimum atomic E-state index is -2.00. The number of aliphatic hydroxyl groups excluding tert-OH is 2. The lowest BCUT2D eigenvalue weighted by Crippen LogP contribution is -2.10. The van der Waals surface area contributed by atoms with Gasteiger partial charge in [0, 0.05) is 0 Å². The van der Waals surface area contributed by atoms with Crippen LogP contribution in [0.5, 0.6) is 0 Å². The lowest BCUT2D eigenvalue weighted by molar-refractivity contribution is 0.0476. The quantitative estimate of drug-likeness (QED) is 0.515. The molecule has 43 valence electrons. The summed E-state index contributed by atoms with van der Waals surface area (Å²) in [5.74, 6) is 0. The summed E-state index contributed by atoms with van der Waals surface area (Å²) < 4.78 is 11.3. The van der Waals surface area contributed by atoms with Gasteiger partial charge in [0.05, 0.1) is 12.5 Å². The number of hydrogen-bond acceptors (Lipinski definition) is 2. The average Bonchev–Trinajstić information content (AvgIpc) is 1.27. The predicted octanol–water partition coefficient (Wildman–Crippen LogP) is -0.141. The van der Waals surface area contributed by atoms with Crippen molar-refractivity contribution in [1.82, 2.24) is 0 Å². The van der Waals surface area contributed by atoms with Crippen LogP contribution < -0.4 is 0 Å². The highest BCUT2D eigenvalue weighted by atomic mass is 19.1. The van der Waals surface area contributed by atoms with Crippen LogP contribution in [0.4, 0.5) is 4.39 Å². The fraction of sp³-hybridized carbons (Fsp3) is 0.750. The summed E-state index contributed by atoms with van der Waals surface area (Å²) in [4.78, 5) is 0. The number of halogens is 1. The first-order chi connectivity index (χ1) is 3.13. The van der Waals surface area contributed by atoms with Crippen molar-refractivity contribution in [3.8, 4) is 0 Å². The van der Waals surface area contributed by atoms with E-state index in [0.717, 1.165) is 6.42 Å². The highest BCUT2D eigenvalue weighted by Gasteiger charge is 2.03. The molecule has 0 aliphatic heterocycles. The van der Waals surface area contributed by atoms with Crippen LogP contribution in [0.3, 0.4) is 0 Å². The maximum Gasteiger partial charge on any atom is 0.202 e. The van der Waals surface area contributed by atoms with Gasteiger partial charge < -0.3 is 10.2 Å². The molecule has 0 spiro atoms. The van der Waals surface area contributed by atoms with Crippen molar-refractivity contribution in [3.05, 3.63) is 6.42 Å². The predicted molar refractivity (Wildman–Crippen MR) is 23.1 cm³/mol. The Morgan fingerprint density at radius 2 is 2.00 bits per heavy atom. The maximum atomic E-state index is 11.3. The van der Waals surface area contributed by atoms with Crippen molar-refractivity contribution >= 4 is 0 Å². The van der Waals surface area contributed by atoms with Crippen molar-refractivity contribution in [2.75, 3.05) is 0 Å². The van der Waals surface area contributed by atoms with E-state index < -0.39 is 12.5 Å². The fourth-order valence-corrected chi connectivity index (χ4v) is 0.230. The van der Waals surface area contributed by atoms with E-state index in [2.05, 4.69) is 0 Å². The largest absolute Gasteiger partial charge is 0.393 e. The number of aliphatic hydroxyl groups is 2. The van der Waals surface area contributed by atoms with Gasteiger partial charge in [0.15, 0.2) is 0 Å². The van der Waals surface area contributed by atoms with Crippen molar-refractivity contribution < 1.29 is 14.6 Å². The molecule has 0 rings (SSSR count). The normalized spacial score (nSPS) is 18.9. The maximum absolute atomic E-state index is 11.3. The molecule has 0 saturated heterocycles. The third kappa shape index (κ3) is 5.85. The lowest BCUT2D eigenvalue weighted by atomic mass is 10.3. The monoisotopic (exact) mass is 107 g/mol. The van der Waals surface area contributed by atoms with Gasteiger partial charge >= 0.3 is 0 Å². The van der Waals surface area contributed by atoms with Gasteiger partial charge in [-0.05, 0) is 6.92 Å². The molecule has 2 nitrogen and oxygen atoms in total. The zero-order valence-corrected chi connectivity index (χ0v) is 4.00. The summed E-state index contributed by atoms with van der Waals surface area (Å²) in [6.07, 6.45) is -2.10. The van der Waals surface area contributed by atoms with Crippen LogP contribution in [-0.4, -0.2) is 22.7 Å². The van der Waals surface area contributed by atoms with Gasteiger partial charge in [-0.1, -0.05) is 0 Å². The molecule has 0 fully saturated rings. The van der Waals surface area contributed by atoms with E-state index in [1.807, 2.05) is 0 Å². The third-order valence-electron chi connectivity index (χ3n) is 0.437. The van der Waals surface area contributed by atoms with E-state index in [9.17, 15) is 4.39 Å². The first-order valence-electron chi connectivity index (χ1n) is 1.98. The Kier molecular flexibility index (Phi) is 2.87. The Balaban J connectivity index is 2.95. The molecule has 0 aliphatic carbocycles. The average molecular weight is 107 g/mol. The van der Waals surface area contributed by atoms with Gasteiger partial charge in [-0.2, -0.15) is 0 Å². The third-order valence-corrected chi connectivity index (χ3v) is 0.437. The summed E-state index contributed by atoms with van der Waals surface area (Å²) in [7, 11) is 0. The minimum Gasteiger partial charge on any atom is -0.393 e. The summed E-state index contributed by atoms with van der Waals surface area (Å²) in [5, 5.41) is 16.1. The molecule has 0 heterocycles. The highest BCUT2D eigenvalue weighted by Crippen LogP contribution is 1.94. The second kappa shape index (κ2) is 2.93. The molecule has 2 atom stereocenters. The van der Waals surface area contributed by atoms with Crippen molar-refractivity contribution in [2.24, 2.45) is 0 Å². The van der Waals surface area contributed by atoms with E-state index in [1.54, 1.807) is 0 Å². The van der Waals surface area contributed by atoms with Crippen LogP contribution >= 0.6 is 0 Å². The summed E-state index contributed by atoms with van der Waals surface area (Å²) in [6, 6.07) is 0. The number of alkyl halides is 1. The molecule has 0 aromatic heterocycles. The Hall–Kier alpha value is -0.150. The topological polar surface area (TPSA) is 40.5 Å². The Labute approximate surface area is 41.6 Å². The molecule has 1 radical (unpaired) electrons. The van der Waals surface area contributed by atoms with Crippen LogP contribution in [-0.2, 0) is 0 Å². The van der Waals surface area contributed by atoms with E-state index >= 15 is 0 Å². The van der Waals surface area contributed by atoms with Gasteiger partial charge in [-0.25, -0.2) is 4.39 Å². The number of rotatable bonds is 2. The van der Waals surface area contributed by atoms with Crippen LogP contribution in [0.15, 0.2) is 0 Å². The van der Waals surface area contributed by atoms with E-state index in [-0.39, 0.29) is 0 Å². The smallest absolute Gasteiger partial charge is 0.202 e. The summed E-state index contributed by atoms with van der Waals surface area (Å²) in [5.41, 5.74) is 0. The van der Waals surface area contributed by atoms with E-state index in [0.29, 0.717) is 0 Å². The lowest BCUT2D eigenvalue weighted by Gasteiger charge is -2.00. The van der Waals surface area contributed by atoms with Gasteiger partial charge in [-0.3, -0.25) is 0 Å². The van der Waals surface area contributed by atoms with Crippen LogP contribution in [0, 0.1) is 6.42 Å². The van der Waals surface area contributed by atoms with Gasteiger partial charge in [0.1, 0.15) is 0 Å². The molecule has 0 saturated carbocycles. The Bertz CT molecular complexity index is 39.0. The molecule has 0 aromatic carbocycles. The number of hydrogen-bond donors (Lipinski definition) is 2. The second-order valence-electron chi connectivity index (χ2n) is 1.31. The first-order valence-corrected chi connectivity index (χ1v) is 1.98. The molecule has 3 heteroatoms. The molecule has 0 aromatic rings. The van der Waals surface area contributed by atoms with E-state index in [1.165, 1.54) is 6.92 Å². The SMILES string of the molecule is CC(O)[CH]C(O)F. The second-order valence-corrected chi connectivity index (χ2v) is 1.31. The molecule has 0 bridgehead atoms. The minimum absolute atomic E-state index is 0.778. The molecule has 2 N–H and O–H groups in total. The summed E-state index contributed by atoms with van der Waals surface area (Å²) >= 11 is 0. The molecular formula is C4H8FO2. The summed E-state index contributed by atoms with van der Waals surface area (Å²) in [6.45, 7) is 1.36. The zero-order chi connectivity index (χ0) is 5.86. The van der Waals surface area contributed by atoms with Crippen molar-refractivity contribution in [2.45, 2.75) is 19.4 Å². The fourth-order valence-electron chi connectivity index (χ4n) is 0.230. The molecule has 0 aliphatic rings. The molecule has 0 amide bonds. The van der Waals surface area contributed by atoms with Crippen molar-refractivity contribution in [3.63, 3.8) is 0 Å². The van der Waals surface area contributed by atoms with E-state index in [4.69, 9.17) is 10.2 Å². The molecule has 7 heavy (non-hydrogen) atoms. The van der Waals surface area contributed by atoms with Crippen molar-refractivity contribution in [1.29, 1.82) is 0 Å². The molecular weight excluding hydrogens is 99.0 g/mol. The van der Waals surface area contributed by atoms with Crippen LogP contribution in [0.2, 0.25) is 0 Å². The van der Waals surface area contributed by atoms with Gasteiger partial charge in [0.2, 0.25) is 6.36 Å². The van der Waals surface area contributed by atoms with Crippen LogP contribution in [0.25, 0.3) is 0 Å².